The van der Waals surface area contributed by atoms with Gasteiger partial charge in [0.2, 0.25) is 0 Å². The third-order valence-electron chi connectivity index (χ3n) is 1.84. The standard InChI is InChI=1S/C10H9Br2N/c1-7(12)10-3-2-8(6-13)4-9(10)5-11/h2-4,7H,5H2,1H3. The summed E-state index contributed by atoms with van der Waals surface area (Å²) in [5, 5.41) is 9.50. The van der Waals surface area contributed by atoms with Crippen LogP contribution in [-0.2, 0) is 5.33 Å². The van der Waals surface area contributed by atoms with Gasteiger partial charge >= 0.3 is 0 Å². The minimum Gasteiger partial charge on any atom is -0.192 e. The zero-order valence-corrected chi connectivity index (χ0v) is 10.4. The Labute approximate surface area is 95.0 Å². The number of hydrogen-bond acceptors (Lipinski definition) is 1. The van der Waals surface area contributed by atoms with Crippen molar-refractivity contribution in [1.29, 1.82) is 5.26 Å². The SMILES string of the molecule is CC(Br)c1ccc(C#N)cc1CBr. The van der Waals surface area contributed by atoms with Crippen molar-refractivity contribution in [3.05, 3.63) is 34.9 Å². The summed E-state index contributed by atoms with van der Waals surface area (Å²) in [7, 11) is 0. The number of nitriles is 1. The van der Waals surface area contributed by atoms with E-state index in [-0.39, 0.29) is 0 Å². The Morgan fingerprint density at radius 1 is 1.54 bits per heavy atom. The van der Waals surface area contributed by atoms with E-state index in [9.17, 15) is 0 Å². The Morgan fingerprint density at radius 2 is 2.23 bits per heavy atom. The number of halogens is 2. The maximum absolute atomic E-state index is 8.71. The molecule has 3 heteroatoms. The normalized spacial score (nSPS) is 12.2. The van der Waals surface area contributed by atoms with Crippen molar-refractivity contribution in [1.82, 2.24) is 0 Å². The Kier molecular flexibility index (Phi) is 3.95. The Bertz CT molecular complexity index is 339. The molecule has 0 bridgehead atoms. The third-order valence-corrected chi connectivity index (χ3v) is 2.94. The smallest absolute Gasteiger partial charge is 0.0991 e. The molecule has 0 radical (unpaired) electrons. The monoisotopic (exact) mass is 301 g/mol. The maximum Gasteiger partial charge on any atom is 0.0991 e. The molecule has 0 saturated carbocycles. The first kappa shape index (κ1) is 10.7. The number of alkyl halides is 2. The molecule has 0 N–H and O–H groups in total. The first-order valence-corrected chi connectivity index (χ1v) is 5.95. The Morgan fingerprint density at radius 3 is 2.69 bits per heavy atom. The van der Waals surface area contributed by atoms with E-state index < -0.39 is 0 Å². The second-order valence-electron chi connectivity index (χ2n) is 2.78. The quantitative estimate of drug-likeness (QED) is 0.760. The minimum absolute atomic E-state index is 0.327. The molecule has 13 heavy (non-hydrogen) atoms. The topological polar surface area (TPSA) is 23.8 Å². The molecule has 0 aliphatic carbocycles. The van der Waals surface area contributed by atoms with Crippen LogP contribution in [0.15, 0.2) is 18.2 Å². The van der Waals surface area contributed by atoms with E-state index in [0.29, 0.717) is 10.4 Å². The molecular weight excluding hydrogens is 294 g/mol. The van der Waals surface area contributed by atoms with E-state index in [2.05, 4.69) is 44.9 Å². The van der Waals surface area contributed by atoms with Gasteiger partial charge in [0.05, 0.1) is 11.6 Å². The molecule has 1 unspecified atom stereocenters. The summed E-state index contributed by atoms with van der Waals surface area (Å²) in [5.74, 6) is 0. The summed E-state index contributed by atoms with van der Waals surface area (Å²) in [4.78, 5) is 0.327. The summed E-state index contributed by atoms with van der Waals surface area (Å²) in [6.45, 7) is 2.08. The van der Waals surface area contributed by atoms with Crippen LogP contribution in [0.25, 0.3) is 0 Å². The van der Waals surface area contributed by atoms with Gasteiger partial charge in [-0.05, 0) is 30.2 Å². The first-order chi connectivity index (χ1) is 6.19. The van der Waals surface area contributed by atoms with Crippen LogP contribution in [0, 0.1) is 11.3 Å². The number of benzene rings is 1. The van der Waals surface area contributed by atoms with Crippen LogP contribution in [-0.4, -0.2) is 0 Å². The van der Waals surface area contributed by atoms with Crippen LogP contribution in [0.2, 0.25) is 0 Å². The highest BCUT2D eigenvalue weighted by Crippen LogP contribution is 2.27. The van der Waals surface area contributed by atoms with Crippen molar-refractivity contribution in [2.75, 3.05) is 0 Å². The van der Waals surface area contributed by atoms with Gasteiger partial charge < -0.3 is 0 Å². The molecule has 0 amide bonds. The van der Waals surface area contributed by atoms with Gasteiger partial charge in [-0.3, -0.25) is 0 Å². The molecule has 1 aromatic carbocycles. The summed E-state index contributed by atoms with van der Waals surface area (Å²) in [5.41, 5.74) is 3.12. The van der Waals surface area contributed by atoms with Crippen LogP contribution in [0.4, 0.5) is 0 Å². The maximum atomic E-state index is 8.71. The number of hydrogen-bond donors (Lipinski definition) is 0. The second kappa shape index (κ2) is 4.78. The Hall–Kier alpha value is -0.330. The first-order valence-electron chi connectivity index (χ1n) is 3.92. The molecule has 1 atom stereocenters. The highest BCUT2D eigenvalue weighted by molar-refractivity contribution is 9.09. The van der Waals surface area contributed by atoms with Crippen LogP contribution >= 0.6 is 31.9 Å². The molecule has 68 valence electrons. The van der Waals surface area contributed by atoms with Gasteiger partial charge in [-0.25, -0.2) is 0 Å². The fourth-order valence-corrected chi connectivity index (χ4v) is 2.11. The van der Waals surface area contributed by atoms with E-state index >= 15 is 0 Å². The molecule has 0 saturated heterocycles. The van der Waals surface area contributed by atoms with E-state index in [1.807, 2.05) is 18.2 Å². The molecule has 0 fully saturated rings. The fraction of sp³-hybridized carbons (Fsp3) is 0.300. The molecule has 0 spiro atoms. The van der Waals surface area contributed by atoms with E-state index in [1.54, 1.807) is 0 Å². The lowest BCUT2D eigenvalue weighted by Gasteiger charge is -2.09. The fourth-order valence-electron chi connectivity index (χ4n) is 1.18. The number of rotatable bonds is 2. The molecule has 0 aromatic heterocycles. The summed E-state index contributed by atoms with van der Waals surface area (Å²) in [6.07, 6.45) is 0. The predicted octanol–water partition coefficient (Wildman–Crippen LogP) is 3.91. The van der Waals surface area contributed by atoms with E-state index in [1.165, 1.54) is 11.1 Å². The zero-order valence-electron chi connectivity index (χ0n) is 7.22. The molecule has 0 aliphatic heterocycles. The average Bonchev–Trinajstić information content (AvgIpc) is 2.16. The van der Waals surface area contributed by atoms with E-state index in [4.69, 9.17) is 5.26 Å². The van der Waals surface area contributed by atoms with Crippen molar-refractivity contribution in [2.45, 2.75) is 17.1 Å². The minimum atomic E-state index is 0.327. The van der Waals surface area contributed by atoms with Crippen molar-refractivity contribution in [3.63, 3.8) is 0 Å². The molecule has 0 heterocycles. The van der Waals surface area contributed by atoms with Crippen molar-refractivity contribution in [2.24, 2.45) is 0 Å². The van der Waals surface area contributed by atoms with Gasteiger partial charge in [0.25, 0.3) is 0 Å². The summed E-state index contributed by atoms with van der Waals surface area (Å²) < 4.78 is 0. The zero-order chi connectivity index (χ0) is 9.84. The van der Waals surface area contributed by atoms with Gasteiger partial charge in [0.1, 0.15) is 0 Å². The third kappa shape index (κ3) is 2.55. The highest BCUT2D eigenvalue weighted by Gasteiger charge is 2.07. The Balaban J connectivity index is 3.17. The molecule has 1 aromatic rings. The van der Waals surface area contributed by atoms with Crippen molar-refractivity contribution in [3.8, 4) is 6.07 Å². The largest absolute Gasteiger partial charge is 0.192 e. The van der Waals surface area contributed by atoms with Crippen LogP contribution < -0.4 is 0 Å². The molecule has 1 rings (SSSR count). The molecular formula is C10H9Br2N. The number of nitrogens with zero attached hydrogens (tertiary/aromatic N) is 1. The van der Waals surface area contributed by atoms with Gasteiger partial charge in [0, 0.05) is 10.2 Å². The van der Waals surface area contributed by atoms with Crippen LogP contribution in [0.1, 0.15) is 28.4 Å². The van der Waals surface area contributed by atoms with E-state index in [0.717, 1.165) is 5.33 Å². The van der Waals surface area contributed by atoms with Crippen molar-refractivity contribution >= 4 is 31.9 Å². The summed E-state index contributed by atoms with van der Waals surface area (Å²) in [6, 6.07) is 7.89. The second-order valence-corrected chi connectivity index (χ2v) is 4.71. The van der Waals surface area contributed by atoms with Crippen molar-refractivity contribution < 1.29 is 0 Å². The molecule has 1 nitrogen and oxygen atoms in total. The highest BCUT2D eigenvalue weighted by atomic mass is 79.9. The van der Waals surface area contributed by atoms with Crippen LogP contribution in [0.3, 0.4) is 0 Å². The lowest BCUT2D eigenvalue weighted by atomic mass is 10.0. The van der Waals surface area contributed by atoms with Gasteiger partial charge in [-0.1, -0.05) is 37.9 Å². The molecule has 0 aliphatic rings. The summed E-state index contributed by atoms with van der Waals surface area (Å²) >= 11 is 6.93. The average molecular weight is 303 g/mol. The lowest BCUT2D eigenvalue weighted by Crippen LogP contribution is -1.92. The lowest BCUT2D eigenvalue weighted by molar-refractivity contribution is 1.09. The predicted molar refractivity (Wildman–Crippen MR) is 61.1 cm³/mol. The van der Waals surface area contributed by atoms with Gasteiger partial charge in [-0.2, -0.15) is 5.26 Å². The van der Waals surface area contributed by atoms with Gasteiger partial charge in [-0.15, -0.1) is 0 Å². The van der Waals surface area contributed by atoms with Gasteiger partial charge in [0.15, 0.2) is 0 Å². The van der Waals surface area contributed by atoms with Crippen LogP contribution in [0.5, 0.6) is 0 Å².